The van der Waals surface area contributed by atoms with E-state index in [9.17, 15) is 4.79 Å². The van der Waals surface area contributed by atoms with E-state index in [0.29, 0.717) is 6.42 Å². The summed E-state index contributed by atoms with van der Waals surface area (Å²) in [5.41, 5.74) is 4.01. The lowest BCUT2D eigenvalue weighted by Crippen LogP contribution is -2.45. The van der Waals surface area contributed by atoms with Crippen molar-refractivity contribution in [2.24, 2.45) is 5.41 Å². The number of hydrogen-bond acceptors (Lipinski definition) is 2. The molecule has 1 N–H and O–H groups in total. The molecule has 3 nitrogen and oxygen atoms in total. The largest absolute Gasteiger partial charge is 0.384 e. The Labute approximate surface area is 128 Å². The van der Waals surface area contributed by atoms with Crippen LogP contribution in [0.2, 0.25) is 0 Å². The van der Waals surface area contributed by atoms with Crippen LogP contribution in [0.1, 0.15) is 42.4 Å². The second kappa shape index (κ2) is 7.08. The second-order valence-electron chi connectivity index (χ2n) is 6.49. The lowest BCUT2D eigenvalue weighted by Gasteiger charge is -2.41. The first-order chi connectivity index (χ1) is 10.0. The van der Waals surface area contributed by atoms with E-state index < -0.39 is 0 Å². The summed E-state index contributed by atoms with van der Waals surface area (Å²) >= 11 is 0. The number of nitrogens with one attached hydrogen (secondary N) is 1. The molecule has 0 saturated heterocycles. The number of rotatable bonds is 7. The first-order valence-electron chi connectivity index (χ1n) is 7.86. The van der Waals surface area contributed by atoms with Crippen LogP contribution in [0.25, 0.3) is 0 Å². The van der Waals surface area contributed by atoms with Crippen LogP contribution in [0.15, 0.2) is 18.2 Å². The van der Waals surface area contributed by atoms with Crippen LogP contribution in [0, 0.1) is 19.3 Å². The van der Waals surface area contributed by atoms with E-state index in [-0.39, 0.29) is 11.3 Å². The lowest BCUT2D eigenvalue weighted by atomic mass is 9.69. The maximum Gasteiger partial charge on any atom is 0.220 e. The molecule has 1 fully saturated rings. The predicted molar refractivity (Wildman–Crippen MR) is 85.4 cm³/mol. The standard InChI is InChI=1S/C18H27NO2/c1-14-5-6-16(15(2)11-14)7-8-17(20)19-12-18(13-21-3)9-4-10-18/h5-6,11H,4,7-10,12-13H2,1-3H3,(H,19,20). The monoisotopic (exact) mass is 289 g/mol. The van der Waals surface area contributed by atoms with Crippen molar-refractivity contribution >= 4 is 5.91 Å². The number of amides is 1. The highest BCUT2D eigenvalue weighted by Gasteiger charge is 2.37. The summed E-state index contributed by atoms with van der Waals surface area (Å²) in [5, 5.41) is 3.09. The highest BCUT2D eigenvalue weighted by Crippen LogP contribution is 2.40. The molecule has 21 heavy (non-hydrogen) atoms. The number of aryl methyl sites for hydroxylation is 3. The van der Waals surface area contributed by atoms with Gasteiger partial charge in [0.15, 0.2) is 0 Å². The van der Waals surface area contributed by atoms with Crippen LogP contribution in [0.5, 0.6) is 0 Å². The van der Waals surface area contributed by atoms with Crippen LogP contribution in [-0.2, 0) is 16.0 Å². The van der Waals surface area contributed by atoms with Crippen molar-refractivity contribution in [3.63, 3.8) is 0 Å². The average Bonchev–Trinajstić information content (AvgIpc) is 2.40. The molecule has 0 unspecified atom stereocenters. The smallest absolute Gasteiger partial charge is 0.220 e. The van der Waals surface area contributed by atoms with Crippen LogP contribution >= 0.6 is 0 Å². The maximum atomic E-state index is 12.0. The Balaban J connectivity index is 1.77. The van der Waals surface area contributed by atoms with Crippen molar-refractivity contribution in [2.45, 2.75) is 46.0 Å². The molecule has 0 bridgehead atoms. The summed E-state index contributed by atoms with van der Waals surface area (Å²) in [6.45, 7) is 5.72. The first kappa shape index (κ1) is 16.0. The van der Waals surface area contributed by atoms with Crippen molar-refractivity contribution < 1.29 is 9.53 Å². The first-order valence-corrected chi connectivity index (χ1v) is 7.86. The Morgan fingerprint density at radius 3 is 2.67 bits per heavy atom. The minimum atomic E-state index is 0.150. The highest BCUT2D eigenvalue weighted by atomic mass is 16.5. The summed E-state index contributed by atoms with van der Waals surface area (Å²) in [4.78, 5) is 12.0. The van der Waals surface area contributed by atoms with Gasteiger partial charge in [0.25, 0.3) is 0 Å². The van der Waals surface area contributed by atoms with Gasteiger partial charge in [-0.2, -0.15) is 0 Å². The SMILES string of the molecule is COCC1(CNC(=O)CCc2ccc(C)cc2C)CCC1. The summed E-state index contributed by atoms with van der Waals surface area (Å²) in [7, 11) is 1.74. The van der Waals surface area contributed by atoms with Crippen molar-refractivity contribution in [3.8, 4) is 0 Å². The molecule has 1 amide bonds. The van der Waals surface area contributed by atoms with Gasteiger partial charge in [0, 0.05) is 25.5 Å². The number of carbonyl (C=O) groups excluding carboxylic acids is 1. The summed E-state index contributed by atoms with van der Waals surface area (Å²) < 4.78 is 5.29. The molecule has 0 radical (unpaired) electrons. The fraction of sp³-hybridized carbons (Fsp3) is 0.611. The van der Waals surface area contributed by atoms with Crippen LogP contribution in [-0.4, -0.2) is 26.2 Å². The number of methoxy groups -OCH3 is 1. The molecule has 0 heterocycles. The molecule has 0 aliphatic heterocycles. The van der Waals surface area contributed by atoms with Crippen molar-refractivity contribution in [1.82, 2.24) is 5.32 Å². The quantitative estimate of drug-likeness (QED) is 0.837. The van der Waals surface area contributed by atoms with Gasteiger partial charge in [-0.25, -0.2) is 0 Å². The van der Waals surface area contributed by atoms with E-state index in [2.05, 4.69) is 37.4 Å². The maximum absolute atomic E-state index is 12.0. The van der Waals surface area contributed by atoms with E-state index in [1.54, 1.807) is 7.11 Å². The average molecular weight is 289 g/mol. The Morgan fingerprint density at radius 2 is 2.10 bits per heavy atom. The zero-order chi connectivity index (χ0) is 15.3. The summed E-state index contributed by atoms with van der Waals surface area (Å²) in [5.74, 6) is 0.150. The van der Waals surface area contributed by atoms with Crippen molar-refractivity contribution in [1.29, 1.82) is 0 Å². The number of hydrogen-bond donors (Lipinski definition) is 1. The fourth-order valence-electron chi connectivity index (χ4n) is 3.10. The van der Waals surface area contributed by atoms with Gasteiger partial charge in [-0.3, -0.25) is 4.79 Å². The number of benzene rings is 1. The van der Waals surface area contributed by atoms with Crippen LogP contribution in [0.4, 0.5) is 0 Å². The third-order valence-corrected chi connectivity index (χ3v) is 4.64. The van der Waals surface area contributed by atoms with Gasteiger partial charge in [0.2, 0.25) is 5.91 Å². The van der Waals surface area contributed by atoms with Gasteiger partial charge < -0.3 is 10.1 Å². The molecule has 2 rings (SSSR count). The fourth-order valence-corrected chi connectivity index (χ4v) is 3.10. The number of ether oxygens (including phenoxy) is 1. The zero-order valence-corrected chi connectivity index (χ0v) is 13.5. The molecule has 1 aliphatic rings. The minimum Gasteiger partial charge on any atom is -0.384 e. The van der Waals surface area contributed by atoms with Gasteiger partial charge in [-0.05, 0) is 44.2 Å². The Hall–Kier alpha value is -1.35. The van der Waals surface area contributed by atoms with Crippen molar-refractivity contribution in [3.05, 3.63) is 34.9 Å². The van der Waals surface area contributed by atoms with Gasteiger partial charge >= 0.3 is 0 Å². The Bertz CT molecular complexity index is 492. The van der Waals surface area contributed by atoms with Gasteiger partial charge in [-0.15, -0.1) is 0 Å². The molecule has 1 aromatic carbocycles. The minimum absolute atomic E-state index is 0.150. The highest BCUT2D eigenvalue weighted by molar-refractivity contribution is 5.76. The predicted octanol–water partition coefficient (Wildman–Crippen LogP) is 3.17. The lowest BCUT2D eigenvalue weighted by molar-refractivity contribution is -0.122. The van der Waals surface area contributed by atoms with Gasteiger partial charge in [0.05, 0.1) is 6.61 Å². The number of carbonyl (C=O) groups is 1. The molecular formula is C18H27NO2. The normalized spacial score (nSPS) is 16.3. The van der Waals surface area contributed by atoms with E-state index in [4.69, 9.17) is 4.74 Å². The molecule has 3 heteroatoms. The van der Waals surface area contributed by atoms with Crippen molar-refractivity contribution in [2.75, 3.05) is 20.3 Å². The summed E-state index contributed by atoms with van der Waals surface area (Å²) in [6.07, 6.45) is 4.96. The van der Waals surface area contributed by atoms with E-state index in [1.807, 2.05) is 0 Å². The molecule has 116 valence electrons. The Morgan fingerprint density at radius 1 is 1.33 bits per heavy atom. The molecular weight excluding hydrogens is 262 g/mol. The van der Waals surface area contributed by atoms with Crippen LogP contribution in [0.3, 0.4) is 0 Å². The van der Waals surface area contributed by atoms with Crippen LogP contribution < -0.4 is 5.32 Å². The Kier molecular flexibility index (Phi) is 5.40. The molecule has 0 atom stereocenters. The molecule has 1 saturated carbocycles. The summed E-state index contributed by atoms with van der Waals surface area (Å²) in [6, 6.07) is 6.42. The van der Waals surface area contributed by atoms with E-state index in [0.717, 1.165) is 32.4 Å². The third kappa shape index (κ3) is 4.31. The second-order valence-corrected chi connectivity index (χ2v) is 6.49. The van der Waals surface area contributed by atoms with E-state index in [1.165, 1.54) is 23.1 Å². The molecule has 1 aromatic rings. The molecule has 1 aliphatic carbocycles. The van der Waals surface area contributed by atoms with Gasteiger partial charge in [-0.1, -0.05) is 30.2 Å². The van der Waals surface area contributed by atoms with E-state index >= 15 is 0 Å². The molecule has 0 aromatic heterocycles. The topological polar surface area (TPSA) is 38.3 Å². The molecule has 0 spiro atoms. The zero-order valence-electron chi connectivity index (χ0n) is 13.5. The third-order valence-electron chi connectivity index (χ3n) is 4.64. The van der Waals surface area contributed by atoms with Gasteiger partial charge in [0.1, 0.15) is 0 Å².